The number of hydrogen-bond acceptors (Lipinski definition) is 3. The van der Waals surface area contributed by atoms with E-state index < -0.39 is 10.0 Å². The summed E-state index contributed by atoms with van der Waals surface area (Å²) in [4.78, 5) is 0.174. The highest BCUT2D eigenvalue weighted by atomic mass is 35.5. The number of benzene rings is 1. The molecule has 1 aromatic rings. The van der Waals surface area contributed by atoms with Gasteiger partial charge < -0.3 is 5.11 Å². The summed E-state index contributed by atoms with van der Waals surface area (Å²) in [6.45, 7) is 9.58. The lowest BCUT2D eigenvalue weighted by atomic mass is 10.1. The summed E-state index contributed by atoms with van der Waals surface area (Å²) in [6, 6.07) is 2.91. The fourth-order valence-electron chi connectivity index (χ4n) is 2.21. The predicted octanol–water partition coefficient (Wildman–Crippen LogP) is 3.20. The summed E-state index contributed by atoms with van der Waals surface area (Å²) >= 11 is 6.00. The molecule has 1 N–H and O–H groups in total. The number of hydrogen-bond donors (Lipinski definition) is 1. The van der Waals surface area contributed by atoms with Crippen molar-refractivity contribution in [1.29, 1.82) is 0 Å². The molecule has 0 atom stereocenters. The molecule has 0 fully saturated rings. The van der Waals surface area contributed by atoms with Crippen molar-refractivity contribution in [3.8, 4) is 0 Å². The molecule has 6 heteroatoms. The number of halogens is 1. The Morgan fingerprint density at radius 2 is 1.81 bits per heavy atom. The first-order chi connectivity index (χ1) is 9.61. The lowest BCUT2D eigenvalue weighted by molar-refractivity contribution is 0.280. The second-order valence-electron chi connectivity index (χ2n) is 5.91. The Morgan fingerprint density at radius 1 is 1.24 bits per heavy atom. The van der Waals surface area contributed by atoms with Crippen molar-refractivity contribution in [1.82, 2.24) is 4.31 Å². The molecule has 0 aliphatic rings. The number of nitrogens with zero attached hydrogens (tertiary/aromatic N) is 1. The summed E-state index contributed by atoms with van der Waals surface area (Å²) < 4.78 is 27.4. The third-order valence-electron chi connectivity index (χ3n) is 3.31. The van der Waals surface area contributed by atoms with Gasteiger partial charge in [-0.1, -0.05) is 25.4 Å². The van der Waals surface area contributed by atoms with Gasteiger partial charge in [0.05, 0.1) is 11.5 Å². The first-order valence-corrected chi connectivity index (χ1v) is 8.84. The van der Waals surface area contributed by atoms with Gasteiger partial charge in [-0.3, -0.25) is 0 Å². The highest BCUT2D eigenvalue weighted by Crippen LogP contribution is 2.28. The van der Waals surface area contributed by atoms with E-state index in [2.05, 4.69) is 0 Å². The second kappa shape index (κ2) is 7.09. The van der Waals surface area contributed by atoms with Crippen molar-refractivity contribution in [2.75, 3.05) is 6.54 Å². The molecule has 0 unspecified atom stereocenters. The molecule has 0 aromatic heterocycles. The van der Waals surface area contributed by atoms with Crippen molar-refractivity contribution in [2.45, 2.75) is 52.2 Å². The van der Waals surface area contributed by atoms with Crippen molar-refractivity contribution in [2.24, 2.45) is 5.92 Å². The minimum Gasteiger partial charge on any atom is -0.392 e. The van der Waals surface area contributed by atoms with E-state index in [-0.39, 0.29) is 23.5 Å². The molecule has 1 aromatic carbocycles. The first-order valence-electron chi connectivity index (χ1n) is 7.03. The van der Waals surface area contributed by atoms with Gasteiger partial charge in [0.15, 0.2) is 0 Å². The topological polar surface area (TPSA) is 57.6 Å². The molecule has 0 saturated carbocycles. The fourth-order valence-corrected chi connectivity index (χ4v) is 4.61. The summed E-state index contributed by atoms with van der Waals surface area (Å²) in [7, 11) is -3.64. The number of aliphatic hydroxyl groups is 1. The van der Waals surface area contributed by atoms with Crippen molar-refractivity contribution < 1.29 is 13.5 Å². The van der Waals surface area contributed by atoms with Crippen LogP contribution in [0.15, 0.2) is 17.0 Å². The van der Waals surface area contributed by atoms with E-state index in [0.717, 1.165) is 0 Å². The Kier molecular flexibility index (Phi) is 6.23. The van der Waals surface area contributed by atoms with Crippen LogP contribution in [-0.2, 0) is 16.6 Å². The van der Waals surface area contributed by atoms with E-state index in [1.165, 1.54) is 10.4 Å². The molecule has 0 saturated heterocycles. The fraction of sp³-hybridized carbons (Fsp3) is 0.600. The Labute approximate surface area is 132 Å². The monoisotopic (exact) mass is 333 g/mol. The van der Waals surface area contributed by atoms with Crippen molar-refractivity contribution in [3.05, 3.63) is 28.3 Å². The van der Waals surface area contributed by atoms with Gasteiger partial charge in [-0.15, -0.1) is 0 Å². The van der Waals surface area contributed by atoms with E-state index in [4.69, 9.17) is 11.6 Å². The highest BCUT2D eigenvalue weighted by Gasteiger charge is 2.29. The van der Waals surface area contributed by atoms with E-state index in [1.54, 1.807) is 13.0 Å². The lowest BCUT2D eigenvalue weighted by Crippen LogP contribution is -2.39. The maximum atomic E-state index is 12.9. The highest BCUT2D eigenvalue weighted by molar-refractivity contribution is 7.89. The largest absolute Gasteiger partial charge is 0.392 e. The summed E-state index contributed by atoms with van der Waals surface area (Å²) in [5, 5.41) is 9.68. The van der Waals surface area contributed by atoms with Crippen LogP contribution in [0, 0.1) is 12.8 Å². The Bertz CT molecular complexity index is 597. The average molecular weight is 334 g/mol. The Balaban J connectivity index is 3.44. The van der Waals surface area contributed by atoms with Gasteiger partial charge in [-0.2, -0.15) is 4.31 Å². The van der Waals surface area contributed by atoms with Gasteiger partial charge in [0.1, 0.15) is 0 Å². The first kappa shape index (κ1) is 18.4. The molecule has 0 heterocycles. The zero-order chi connectivity index (χ0) is 16.4. The van der Waals surface area contributed by atoms with Gasteiger partial charge in [0.2, 0.25) is 10.0 Å². The molecule has 1 rings (SSSR count). The molecule has 0 amide bonds. The lowest BCUT2D eigenvalue weighted by Gasteiger charge is -2.28. The molecule has 120 valence electrons. The van der Waals surface area contributed by atoms with Gasteiger partial charge in [-0.05, 0) is 49.9 Å². The molecule has 4 nitrogen and oxygen atoms in total. The van der Waals surface area contributed by atoms with Crippen molar-refractivity contribution >= 4 is 21.6 Å². The van der Waals surface area contributed by atoms with Crippen LogP contribution in [0.25, 0.3) is 0 Å². The SMILES string of the molecule is Cc1c(CO)cc(Cl)cc1S(=O)(=O)N(CC(C)C)C(C)C. The molecule has 0 aliphatic carbocycles. The summed E-state index contributed by atoms with van der Waals surface area (Å²) in [6.07, 6.45) is 0. The van der Waals surface area contributed by atoms with Gasteiger partial charge in [0, 0.05) is 17.6 Å². The average Bonchev–Trinajstić information content (AvgIpc) is 2.37. The summed E-state index contributed by atoms with van der Waals surface area (Å²) in [5.41, 5.74) is 1.09. The molecule has 0 aliphatic heterocycles. The molecular formula is C15H24ClNO3S. The molecular weight excluding hydrogens is 310 g/mol. The van der Waals surface area contributed by atoms with Crippen LogP contribution in [0.1, 0.15) is 38.8 Å². The third-order valence-corrected chi connectivity index (χ3v) is 5.70. The zero-order valence-electron chi connectivity index (χ0n) is 13.2. The van der Waals surface area contributed by atoms with E-state index in [0.29, 0.717) is 22.7 Å². The van der Waals surface area contributed by atoms with Crippen LogP contribution in [0.4, 0.5) is 0 Å². The third kappa shape index (κ3) is 4.19. The second-order valence-corrected chi connectivity index (χ2v) is 8.20. The Morgan fingerprint density at radius 3 is 2.24 bits per heavy atom. The number of aliphatic hydroxyl groups excluding tert-OH is 1. The van der Waals surface area contributed by atoms with Gasteiger partial charge >= 0.3 is 0 Å². The van der Waals surface area contributed by atoms with Gasteiger partial charge in [-0.25, -0.2) is 8.42 Å². The zero-order valence-corrected chi connectivity index (χ0v) is 14.8. The molecule has 21 heavy (non-hydrogen) atoms. The maximum Gasteiger partial charge on any atom is 0.243 e. The van der Waals surface area contributed by atoms with Crippen molar-refractivity contribution in [3.63, 3.8) is 0 Å². The standard InChI is InChI=1S/C15H24ClNO3S/c1-10(2)8-17(11(3)4)21(19,20)15-7-14(16)6-13(9-18)12(15)5/h6-7,10-11,18H,8-9H2,1-5H3. The Hall–Kier alpha value is -0.620. The van der Waals surface area contributed by atoms with Gasteiger partial charge in [0.25, 0.3) is 0 Å². The minimum atomic E-state index is -3.64. The number of rotatable bonds is 6. The van der Waals surface area contributed by atoms with Crippen LogP contribution in [0.5, 0.6) is 0 Å². The predicted molar refractivity (Wildman–Crippen MR) is 86.0 cm³/mol. The van der Waals surface area contributed by atoms with Crippen LogP contribution in [0.3, 0.4) is 0 Å². The molecule has 0 radical (unpaired) electrons. The number of sulfonamides is 1. The van der Waals surface area contributed by atoms with Crippen LogP contribution < -0.4 is 0 Å². The normalized spacial score (nSPS) is 12.7. The smallest absolute Gasteiger partial charge is 0.243 e. The minimum absolute atomic E-state index is 0.145. The van der Waals surface area contributed by atoms with E-state index >= 15 is 0 Å². The van der Waals surface area contributed by atoms with E-state index in [9.17, 15) is 13.5 Å². The van der Waals surface area contributed by atoms with Crippen LogP contribution >= 0.6 is 11.6 Å². The molecule has 0 bridgehead atoms. The van der Waals surface area contributed by atoms with E-state index in [1.807, 2.05) is 27.7 Å². The molecule has 0 spiro atoms. The maximum absolute atomic E-state index is 12.9. The summed E-state index contributed by atoms with van der Waals surface area (Å²) in [5.74, 6) is 0.221. The quantitative estimate of drug-likeness (QED) is 0.869. The van der Waals surface area contributed by atoms with Crippen LogP contribution in [-0.4, -0.2) is 30.4 Å². The van der Waals surface area contributed by atoms with Crippen LogP contribution in [0.2, 0.25) is 5.02 Å².